The number of benzene rings is 2. The molecule has 0 saturated heterocycles. The largest absolute Gasteiger partial charge is 0.359 e. The van der Waals surface area contributed by atoms with Gasteiger partial charge in [0, 0.05) is 24.3 Å². The van der Waals surface area contributed by atoms with Crippen molar-refractivity contribution in [2.45, 2.75) is 13.5 Å². The Kier molecular flexibility index (Phi) is 4.52. The van der Waals surface area contributed by atoms with Crippen LogP contribution in [0.25, 0.3) is 10.9 Å². The monoisotopic (exact) mass is 397 g/mol. The Morgan fingerprint density at radius 3 is 2.36 bits per heavy atom. The van der Waals surface area contributed by atoms with Gasteiger partial charge in [-0.3, -0.25) is 14.5 Å². The SMILES string of the molecule is Cc1cc2cc(CNS(=O)(=O)CCN3C(=O)c4ccccc4C3=O)ccc2[nH]1. The number of rotatable bonds is 6. The maximum absolute atomic E-state index is 12.3. The molecule has 8 heteroatoms. The van der Waals surface area contributed by atoms with E-state index < -0.39 is 21.8 Å². The second kappa shape index (κ2) is 6.88. The molecule has 1 aliphatic rings. The fourth-order valence-corrected chi connectivity index (χ4v) is 4.31. The van der Waals surface area contributed by atoms with Crippen LogP contribution < -0.4 is 4.72 Å². The smallest absolute Gasteiger partial charge is 0.261 e. The first-order valence-corrected chi connectivity index (χ1v) is 10.5. The van der Waals surface area contributed by atoms with Crippen LogP contribution in [-0.4, -0.2) is 42.4 Å². The van der Waals surface area contributed by atoms with Crippen LogP contribution in [0.3, 0.4) is 0 Å². The Balaban J connectivity index is 1.39. The lowest BCUT2D eigenvalue weighted by Crippen LogP contribution is -2.37. The van der Waals surface area contributed by atoms with Gasteiger partial charge in [-0.15, -0.1) is 0 Å². The van der Waals surface area contributed by atoms with Gasteiger partial charge in [0.25, 0.3) is 11.8 Å². The number of carbonyl (C=O) groups is 2. The lowest BCUT2D eigenvalue weighted by molar-refractivity contribution is 0.0664. The van der Waals surface area contributed by atoms with Gasteiger partial charge in [0.2, 0.25) is 10.0 Å². The van der Waals surface area contributed by atoms with Gasteiger partial charge in [0.1, 0.15) is 0 Å². The number of hydrogen-bond donors (Lipinski definition) is 2. The molecule has 144 valence electrons. The average molecular weight is 397 g/mol. The molecule has 1 aromatic heterocycles. The third-order valence-electron chi connectivity index (χ3n) is 4.78. The molecule has 0 fully saturated rings. The van der Waals surface area contributed by atoms with Crippen molar-refractivity contribution in [2.75, 3.05) is 12.3 Å². The van der Waals surface area contributed by atoms with Crippen LogP contribution in [0.15, 0.2) is 48.5 Å². The van der Waals surface area contributed by atoms with E-state index in [9.17, 15) is 18.0 Å². The van der Waals surface area contributed by atoms with Gasteiger partial charge in [0.15, 0.2) is 0 Å². The number of nitrogens with one attached hydrogen (secondary N) is 2. The Bertz CT molecular complexity index is 1160. The first-order chi connectivity index (χ1) is 13.3. The summed E-state index contributed by atoms with van der Waals surface area (Å²) in [4.78, 5) is 28.8. The normalized spacial score (nSPS) is 14.1. The van der Waals surface area contributed by atoms with Crippen LogP contribution in [-0.2, 0) is 16.6 Å². The van der Waals surface area contributed by atoms with Crippen molar-refractivity contribution in [3.8, 4) is 0 Å². The first kappa shape index (κ1) is 18.4. The van der Waals surface area contributed by atoms with E-state index in [0.29, 0.717) is 11.1 Å². The van der Waals surface area contributed by atoms with Gasteiger partial charge in [0.05, 0.1) is 16.9 Å². The number of aromatic amines is 1. The summed E-state index contributed by atoms with van der Waals surface area (Å²) in [6.07, 6.45) is 0. The van der Waals surface area contributed by atoms with Gasteiger partial charge in [-0.2, -0.15) is 0 Å². The van der Waals surface area contributed by atoms with E-state index in [0.717, 1.165) is 27.1 Å². The Labute approximate surface area is 162 Å². The summed E-state index contributed by atoms with van der Waals surface area (Å²) in [6.45, 7) is 1.92. The molecule has 2 aromatic carbocycles. The Hall–Kier alpha value is -2.97. The van der Waals surface area contributed by atoms with Crippen LogP contribution in [0.1, 0.15) is 32.0 Å². The number of H-pyrrole nitrogens is 1. The highest BCUT2D eigenvalue weighted by Gasteiger charge is 2.35. The van der Waals surface area contributed by atoms with Crippen molar-refractivity contribution in [3.63, 3.8) is 0 Å². The molecule has 7 nitrogen and oxygen atoms in total. The number of imide groups is 1. The van der Waals surface area contributed by atoms with Crippen LogP contribution in [0.4, 0.5) is 0 Å². The van der Waals surface area contributed by atoms with Gasteiger partial charge in [-0.25, -0.2) is 13.1 Å². The Morgan fingerprint density at radius 2 is 1.68 bits per heavy atom. The topological polar surface area (TPSA) is 99.3 Å². The number of aromatic nitrogens is 1. The molecule has 0 bridgehead atoms. The molecule has 28 heavy (non-hydrogen) atoms. The van der Waals surface area contributed by atoms with Crippen molar-refractivity contribution >= 4 is 32.7 Å². The van der Waals surface area contributed by atoms with Crippen LogP contribution in [0.2, 0.25) is 0 Å². The van der Waals surface area contributed by atoms with Crippen LogP contribution in [0, 0.1) is 6.92 Å². The zero-order valence-electron chi connectivity index (χ0n) is 15.2. The van der Waals surface area contributed by atoms with E-state index in [-0.39, 0.29) is 18.8 Å². The van der Waals surface area contributed by atoms with E-state index in [2.05, 4.69) is 9.71 Å². The fourth-order valence-electron chi connectivity index (χ4n) is 3.36. The lowest BCUT2D eigenvalue weighted by Gasteiger charge is -2.14. The molecule has 3 aromatic rings. The summed E-state index contributed by atoms with van der Waals surface area (Å²) in [7, 11) is -3.65. The molecular formula is C20H19N3O4S. The van der Waals surface area contributed by atoms with Crippen molar-refractivity contribution in [3.05, 3.63) is 70.9 Å². The van der Waals surface area contributed by atoms with E-state index >= 15 is 0 Å². The molecule has 0 atom stereocenters. The van der Waals surface area contributed by atoms with Crippen molar-refractivity contribution in [1.82, 2.24) is 14.6 Å². The number of fused-ring (bicyclic) bond motifs is 2. The minimum Gasteiger partial charge on any atom is -0.359 e. The second-order valence-electron chi connectivity index (χ2n) is 6.82. The van der Waals surface area contributed by atoms with E-state index in [1.807, 2.05) is 31.2 Å². The summed E-state index contributed by atoms with van der Waals surface area (Å²) in [5.41, 5.74) is 3.49. The number of carbonyl (C=O) groups excluding carboxylic acids is 2. The molecule has 0 aliphatic carbocycles. The molecule has 4 rings (SSSR count). The minimum absolute atomic E-state index is 0.143. The summed E-state index contributed by atoms with van der Waals surface area (Å²) in [5.74, 6) is -1.25. The third-order valence-corrected chi connectivity index (χ3v) is 6.08. The molecule has 2 N–H and O–H groups in total. The molecular weight excluding hydrogens is 378 g/mol. The van der Waals surface area contributed by atoms with E-state index in [1.165, 1.54) is 0 Å². The zero-order chi connectivity index (χ0) is 19.9. The average Bonchev–Trinajstić information content (AvgIpc) is 3.15. The number of hydrogen-bond acceptors (Lipinski definition) is 4. The molecule has 0 spiro atoms. The molecule has 1 aliphatic heterocycles. The number of amides is 2. The number of aryl methyl sites for hydroxylation is 1. The fraction of sp³-hybridized carbons (Fsp3) is 0.200. The number of sulfonamides is 1. The van der Waals surface area contributed by atoms with Gasteiger partial charge >= 0.3 is 0 Å². The summed E-state index contributed by atoms with van der Waals surface area (Å²) in [5, 5.41) is 1.01. The van der Waals surface area contributed by atoms with E-state index in [1.54, 1.807) is 24.3 Å². The summed E-state index contributed by atoms with van der Waals surface area (Å²) >= 11 is 0. The highest BCUT2D eigenvalue weighted by molar-refractivity contribution is 7.89. The number of nitrogens with zero attached hydrogens (tertiary/aromatic N) is 1. The van der Waals surface area contributed by atoms with E-state index in [4.69, 9.17) is 0 Å². The molecule has 2 amide bonds. The second-order valence-corrected chi connectivity index (χ2v) is 8.75. The first-order valence-electron chi connectivity index (χ1n) is 8.85. The quantitative estimate of drug-likeness (QED) is 0.623. The van der Waals surface area contributed by atoms with Crippen molar-refractivity contribution in [2.24, 2.45) is 0 Å². The molecule has 0 saturated carbocycles. The van der Waals surface area contributed by atoms with Crippen LogP contribution in [0.5, 0.6) is 0 Å². The molecule has 2 heterocycles. The predicted molar refractivity (Wildman–Crippen MR) is 105 cm³/mol. The summed E-state index contributed by atoms with van der Waals surface area (Å²) < 4.78 is 27.2. The molecule has 0 radical (unpaired) electrons. The highest BCUT2D eigenvalue weighted by Crippen LogP contribution is 2.22. The van der Waals surface area contributed by atoms with Crippen molar-refractivity contribution in [1.29, 1.82) is 0 Å². The summed E-state index contributed by atoms with van der Waals surface area (Å²) in [6, 6.07) is 14.2. The van der Waals surface area contributed by atoms with Crippen molar-refractivity contribution < 1.29 is 18.0 Å². The van der Waals surface area contributed by atoms with Crippen LogP contribution >= 0.6 is 0 Å². The zero-order valence-corrected chi connectivity index (χ0v) is 16.0. The van der Waals surface area contributed by atoms with Gasteiger partial charge < -0.3 is 4.98 Å². The minimum atomic E-state index is -3.65. The molecule has 0 unspecified atom stereocenters. The third kappa shape index (κ3) is 3.44. The highest BCUT2D eigenvalue weighted by atomic mass is 32.2. The standard InChI is InChI=1S/C20H19N3O4S/c1-13-10-15-11-14(6-7-18(15)22-13)12-21-28(26,27)9-8-23-19(24)16-4-2-3-5-17(16)20(23)25/h2-7,10-11,21-22H,8-9,12H2,1H3. The van der Waals surface area contributed by atoms with Gasteiger partial charge in [-0.1, -0.05) is 18.2 Å². The maximum atomic E-state index is 12.3. The maximum Gasteiger partial charge on any atom is 0.261 e. The lowest BCUT2D eigenvalue weighted by atomic mass is 10.1. The predicted octanol–water partition coefficient (Wildman–Crippen LogP) is 2.19. The Morgan fingerprint density at radius 1 is 1.00 bits per heavy atom. The van der Waals surface area contributed by atoms with Gasteiger partial charge in [-0.05, 0) is 48.2 Å².